The van der Waals surface area contributed by atoms with Gasteiger partial charge in [0.2, 0.25) is 11.6 Å². The molecule has 22 heavy (non-hydrogen) atoms. The standard InChI is InChI=1S/C14H11N5O3/c1-9(20)16-10-2-4-11(5-3-10)17-14-7-6-13(19(21)22)12(8-15)18-14/h2-7H,1H3,(H,16,20)(H,17,18). The van der Waals surface area contributed by atoms with E-state index in [2.05, 4.69) is 15.6 Å². The number of rotatable bonds is 4. The number of amides is 1. The molecule has 1 amide bonds. The highest BCUT2D eigenvalue weighted by atomic mass is 16.6. The van der Waals surface area contributed by atoms with Crippen molar-refractivity contribution in [3.63, 3.8) is 0 Å². The summed E-state index contributed by atoms with van der Waals surface area (Å²) < 4.78 is 0. The van der Waals surface area contributed by atoms with Crippen molar-refractivity contribution < 1.29 is 9.72 Å². The number of nitriles is 1. The molecule has 0 saturated heterocycles. The average molecular weight is 297 g/mol. The van der Waals surface area contributed by atoms with Gasteiger partial charge in [-0.2, -0.15) is 5.26 Å². The molecule has 1 aromatic heterocycles. The zero-order valence-electron chi connectivity index (χ0n) is 11.5. The highest BCUT2D eigenvalue weighted by Gasteiger charge is 2.15. The third-order valence-corrected chi connectivity index (χ3v) is 2.65. The fraction of sp³-hybridized carbons (Fsp3) is 0.0714. The predicted molar refractivity (Wildman–Crippen MR) is 79.6 cm³/mol. The Balaban J connectivity index is 2.19. The molecular weight excluding hydrogens is 286 g/mol. The van der Waals surface area contributed by atoms with Crippen molar-refractivity contribution in [2.45, 2.75) is 6.92 Å². The first-order valence-corrected chi connectivity index (χ1v) is 6.20. The van der Waals surface area contributed by atoms with Crippen molar-refractivity contribution in [2.24, 2.45) is 0 Å². The number of nitro groups is 1. The van der Waals surface area contributed by atoms with Gasteiger partial charge in [0.15, 0.2) is 0 Å². The number of nitrogens with one attached hydrogen (secondary N) is 2. The summed E-state index contributed by atoms with van der Waals surface area (Å²) in [5.41, 5.74) is 0.714. The summed E-state index contributed by atoms with van der Waals surface area (Å²) in [4.78, 5) is 24.9. The molecule has 0 saturated carbocycles. The van der Waals surface area contributed by atoms with Crippen LogP contribution < -0.4 is 10.6 Å². The van der Waals surface area contributed by atoms with Gasteiger partial charge in [-0.3, -0.25) is 14.9 Å². The summed E-state index contributed by atoms with van der Waals surface area (Å²) >= 11 is 0. The first kappa shape index (κ1) is 14.9. The minimum Gasteiger partial charge on any atom is -0.340 e. The highest BCUT2D eigenvalue weighted by molar-refractivity contribution is 5.88. The number of benzene rings is 1. The lowest BCUT2D eigenvalue weighted by Crippen LogP contribution is -2.05. The number of carbonyl (C=O) groups is 1. The quantitative estimate of drug-likeness (QED) is 0.660. The summed E-state index contributed by atoms with van der Waals surface area (Å²) in [5.74, 6) is 0.144. The number of anilines is 3. The largest absolute Gasteiger partial charge is 0.340 e. The summed E-state index contributed by atoms with van der Waals surface area (Å²) in [6, 6.07) is 11.1. The molecule has 8 nitrogen and oxygen atoms in total. The van der Waals surface area contributed by atoms with Crippen LogP contribution in [0.15, 0.2) is 36.4 Å². The molecule has 110 valence electrons. The molecular formula is C14H11N5O3. The Morgan fingerprint density at radius 1 is 1.23 bits per heavy atom. The van der Waals surface area contributed by atoms with E-state index in [9.17, 15) is 14.9 Å². The van der Waals surface area contributed by atoms with Crippen LogP contribution in [0.5, 0.6) is 0 Å². The highest BCUT2D eigenvalue weighted by Crippen LogP contribution is 2.22. The molecule has 2 N–H and O–H groups in total. The number of aromatic nitrogens is 1. The minimum absolute atomic E-state index is 0.170. The Morgan fingerprint density at radius 3 is 2.41 bits per heavy atom. The van der Waals surface area contributed by atoms with Crippen LogP contribution in [-0.4, -0.2) is 15.8 Å². The molecule has 2 aromatic rings. The lowest BCUT2D eigenvalue weighted by Gasteiger charge is -2.07. The van der Waals surface area contributed by atoms with Gasteiger partial charge in [-0.25, -0.2) is 4.98 Å². The van der Waals surface area contributed by atoms with Gasteiger partial charge in [-0.05, 0) is 30.3 Å². The third kappa shape index (κ3) is 3.55. The van der Waals surface area contributed by atoms with Crippen molar-refractivity contribution in [1.29, 1.82) is 5.26 Å². The minimum atomic E-state index is -0.655. The van der Waals surface area contributed by atoms with Gasteiger partial charge in [0, 0.05) is 24.4 Å². The second kappa shape index (κ2) is 6.32. The molecule has 1 aromatic carbocycles. The zero-order valence-corrected chi connectivity index (χ0v) is 11.5. The van der Waals surface area contributed by atoms with Gasteiger partial charge in [0.1, 0.15) is 11.9 Å². The molecule has 0 fully saturated rings. The Bertz CT molecular complexity index is 765. The topological polar surface area (TPSA) is 121 Å². The average Bonchev–Trinajstić information content (AvgIpc) is 2.48. The Labute approximate surface area is 125 Å². The number of carbonyl (C=O) groups excluding carboxylic acids is 1. The second-order valence-electron chi connectivity index (χ2n) is 4.32. The number of pyridine rings is 1. The molecule has 0 aliphatic carbocycles. The van der Waals surface area contributed by atoms with Crippen molar-refractivity contribution in [3.8, 4) is 6.07 Å². The van der Waals surface area contributed by atoms with Crippen molar-refractivity contribution in [1.82, 2.24) is 4.98 Å². The van der Waals surface area contributed by atoms with Crippen LogP contribution in [0.4, 0.5) is 22.9 Å². The van der Waals surface area contributed by atoms with Gasteiger partial charge in [-0.1, -0.05) is 0 Å². The molecule has 8 heteroatoms. The van der Waals surface area contributed by atoms with Crippen molar-refractivity contribution in [3.05, 3.63) is 52.2 Å². The maximum Gasteiger partial charge on any atom is 0.305 e. The summed E-state index contributed by atoms with van der Waals surface area (Å²) in [7, 11) is 0. The first-order chi connectivity index (χ1) is 10.5. The zero-order chi connectivity index (χ0) is 16.1. The Hall–Kier alpha value is -3.47. The van der Waals surface area contributed by atoms with E-state index in [4.69, 9.17) is 5.26 Å². The normalized spacial score (nSPS) is 9.64. The number of hydrogen-bond donors (Lipinski definition) is 2. The predicted octanol–water partition coefficient (Wildman–Crippen LogP) is 2.56. The Morgan fingerprint density at radius 2 is 1.86 bits per heavy atom. The number of hydrogen-bond acceptors (Lipinski definition) is 6. The van der Waals surface area contributed by atoms with E-state index < -0.39 is 4.92 Å². The lowest BCUT2D eigenvalue weighted by molar-refractivity contribution is -0.385. The molecule has 1 heterocycles. The van der Waals surface area contributed by atoms with Crippen LogP contribution in [0, 0.1) is 21.4 Å². The van der Waals surface area contributed by atoms with Crippen LogP contribution in [0.1, 0.15) is 12.6 Å². The van der Waals surface area contributed by atoms with E-state index in [1.54, 1.807) is 30.3 Å². The Kier molecular flexibility index (Phi) is 4.29. The third-order valence-electron chi connectivity index (χ3n) is 2.65. The molecule has 0 unspecified atom stereocenters. The van der Waals surface area contributed by atoms with Crippen LogP contribution in [0.2, 0.25) is 0 Å². The maximum atomic E-state index is 10.9. The summed E-state index contributed by atoms with van der Waals surface area (Å²) in [6.45, 7) is 1.41. The van der Waals surface area contributed by atoms with E-state index in [1.807, 2.05) is 0 Å². The van der Waals surface area contributed by atoms with Crippen LogP contribution in [0.3, 0.4) is 0 Å². The van der Waals surface area contributed by atoms with Crippen LogP contribution in [-0.2, 0) is 4.79 Å². The van der Waals surface area contributed by atoms with E-state index in [0.29, 0.717) is 17.2 Å². The van der Waals surface area contributed by atoms with Gasteiger partial charge in [0.25, 0.3) is 0 Å². The van der Waals surface area contributed by atoms with Gasteiger partial charge >= 0.3 is 5.69 Å². The van der Waals surface area contributed by atoms with Crippen molar-refractivity contribution in [2.75, 3.05) is 10.6 Å². The SMILES string of the molecule is CC(=O)Nc1ccc(Nc2ccc([N+](=O)[O-])c(C#N)n2)cc1. The monoisotopic (exact) mass is 297 g/mol. The fourth-order valence-electron chi connectivity index (χ4n) is 1.74. The molecule has 0 aliphatic rings. The van der Waals surface area contributed by atoms with Crippen molar-refractivity contribution >= 4 is 28.8 Å². The molecule has 2 rings (SSSR count). The molecule has 0 bridgehead atoms. The van der Waals surface area contributed by atoms with E-state index in [-0.39, 0.29) is 17.3 Å². The van der Waals surface area contributed by atoms with E-state index in [0.717, 1.165) is 0 Å². The van der Waals surface area contributed by atoms with Gasteiger partial charge in [0.05, 0.1) is 4.92 Å². The lowest BCUT2D eigenvalue weighted by atomic mass is 10.2. The number of nitrogens with zero attached hydrogens (tertiary/aromatic N) is 3. The molecule has 0 radical (unpaired) electrons. The smallest absolute Gasteiger partial charge is 0.305 e. The summed E-state index contributed by atoms with van der Waals surface area (Å²) in [5, 5.41) is 25.2. The summed E-state index contributed by atoms with van der Waals surface area (Å²) in [6.07, 6.45) is 0. The van der Waals surface area contributed by atoms with Gasteiger partial charge < -0.3 is 10.6 Å². The van der Waals surface area contributed by atoms with Gasteiger partial charge in [-0.15, -0.1) is 0 Å². The molecule has 0 aliphatic heterocycles. The second-order valence-corrected chi connectivity index (χ2v) is 4.32. The van der Waals surface area contributed by atoms with E-state index >= 15 is 0 Å². The van der Waals surface area contributed by atoms with E-state index in [1.165, 1.54) is 19.1 Å². The fourth-order valence-corrected chi connectivity index (χ4v) is 1.74. The maximum absolute atomic E-state index is 10.9. The van der Waals surface area contributed by atoms with Crippen LogP contribution >= 0.6 is 0 Å². The first-order valence-electron chi connectivity index (χ1n) is 6.20. The van der Waals surface area contributed by atoms with Crippen LogP contribution in [0.25, 0.3) is 0 Å². The molecule has 0 atom stereocenters. The molecule has 0 spiro atoms.